The summed E-state index contributed by atoms with van der Waals surface area (Å²) in [4.78, 5) is 16.9. The number of carbonyl (C=O) groups excluding carboxylic acids is 1. The highest BCUT2D eigenvalue weighted by Gasteiger charge is 2.34. The van der Waals surface area contributed by atoms with Crippen molar-refractivity contribution in [3.8, 4) is 11.1 Å². The average Bonchev–Trinajstić information content (AvgIpc) is 3.32. The summed E-state index contributed by atoms with van der Waals surface area (Å²) < 4.78 is 16.7. The Labute approximate surface area is 198 Å². The zero-order chi connectivity index (χ0) is 24.2. The molecule has 2 aliphatic heterocycles. The summed E-state index contributed by atoms with van der Waals surface area (Å²) in [6, 6.07) is 7.26. The minimum Gasteiger partial charge on any atom is -0.352 e. The smallest absolute Gasteiger partial charge is 0.260 e. The highest BCUT2D eigenvalue weighted by Crippen LogP contribution is 2.34. The van der Waals surface area contributed by atoms with Gasteiger partial charge < -0.3 is 10.2 Å². The van der Waals surface area contributed by atoms with E-state index in [9.17, 15) is 4.79 Å². The van der Waals surface area contributed by atoms with Crippen molar-refractivity contribution < 1.29 is 9.18 Å². The molecule has 5 rings (SSSR count). The Balaban J connectivity index is 1.38. The Morgan fingerprint density at radius 3 is 2.50 bits per heavy atom. The van der Waals surface area contributed by atoms with Gasteiger partial charge in [-0.1, -0.05) is 20.8 Å². The van der Waals surface area contributed by atoms with Crippen LogP contribution >= 0.6 is 0 Å². The lowest BCUT2D eigenvalue weighted by Crippen LogP contribution is -2.56. The van der Waals surface area contributed by atoms with Crippen molar-refractivity contribution in [1.82, 2.24) is 25.3 Å². The van der Waals surface area contributed by atoms with Gasteiger partial charge in [-0.2, -0.15) is 5.10 Å². The van der Waals surface area contributed by atoms with Crippen molar-refractivity contribution in [2.24, 2.45) is 12.5 Å². The Morgan fingerprint density at radius 1 is 1.12 bits per heavy atom. The van der Waals surface area contributed by atoms with E-state index < -0.39 is 5.82 Å². The van der Waals surface area contributed by atoms with Crippen LogP contribution in [0.15, 0.2) is 30.5 Å². The van der Waals surface area contributed by atoms with Crippen molar-refractivity contribution in [1.29, 1.82) is 0 Å². The fraction of sp³-hybridized carbons (Fsp3) is 0.440. The van der Waals surface area contributed by atoms with Crippen LogP contribution in [0.5, 0.6) is 0 Å². The van der Waals surface area contributed by atoms with Crippen molar-refractivity contribution in [3.63, 3.8) is 0 Å². The number of aromatic nitrogens is 4. The maximum absolute atomic E-state index is 15.0. The molecular formula is C25H30FN7O. The molecule has 34 heavy (non-hydrogen) atoms. The van der Waals surface area contributed by atoms with Gasteiger partial charge in [0.1, 0.15) is 5.82 Å². The fourth-order valence-electron chi connectivity index (χ4n) is 4.76. The Bertz CT molecular complexity index is 1250. The van der Waals surface area contributed by atoms with Crippen LogP contribution in [0.2, 0.25) is 0 Å². The van der Waals surface area contributed by atoms with E-state index in [1.807, 2.05) is 26.2 Å². The van der Waals surface area contributed by atoms with Crippen LogP contribution in [0.4, 0.5) is 16.0 Å². The molecule has 2 aliphatic rings. The van der Waals surface area contributed by atoms with E-state index in [1.165, 1.54) is 11.0 Å². The number of halogens is 1. The Kier molecular flexibility index (Phi) is 5.39. The first-order valence-corrected chi connectivity index (χ1v) is 11.6. The molecule has 9 heteroatoms. The zero-order valence-corrected chi connectivity index (χ0v) is 20.3. The number of benzene rings is 1. The predicted molar refractivity (Wildman–Crippen MR) is 129 cm³/mol. The molecule has 0 aliphatic carbocycles. The van der Waals surface area contributed by atoms with Gasteiger partial charge in [0.15, 0.2) is 11.6 Å². The van der Waals surface area contributed by atoms with Crippen LogP contribution in [0.25, 0.3) is 11.1 Å². The van der Waals surface area contributed by atoms with Gasteiger partial charge in [-0.05, 0) is 42.2 Å². The third-order valence-corrected chi connectivity index (χ3v) is 6.77. The molecule has 0 saturated carbocycles. The molecular weight excluding hydrogens is 433 g/mol. The summed E-state index contributed by atoms with van der Waals surface area (Å²) in [6.07, 6.45) is 1.83. The van der Waals surface area contributed by atoms with E-state index >= 15 is 4.39 Å². The number of hydrogen-bond acceptors (Lipinski definition) is 6. The molecule has 3 aromatic rings. The second kappa shape index (κ2) is 8.16. The van der Waals surface area contributed by atoms with Gasteiger partial charge in [0, 0.05) is 55.6 Å². The monoisotopic (exact) mass is 463 g/mol. The Hall–Kier alpha value is -3.33. The SMILES string of the molecule is Cc1nn(C)cc1-c1cc(F)c2c(c1)C(=O)N(c1ccc(N3CCN[C@@H](C(C)(C)C)C3)nn1)C2. The van der Waals surface area contributed by atoms with Crippen LogP contribution in [0, 0.1) is 18.2 Å². The average molecular weight is 464 g/mol. The first-order valence-electron chi connectivity index (χ1n) is 11.6. The summed E-state index contributed by atoms with van der Waals surface area (Å²) in [5, 5.41) is 16.7. The van der Waals surface area contributed by atoms with Gasteiger partial charge in [0.2, 0.25) is 0 Å². The zero-order valence-electron chi connectivity index (χ0n) is 20.3. The van der Waals surface area contributed by atoms with Gasteiger partial charge in [-0.25, -0.2) is 4.39 Å². The summed E-state index contributed by atoms with van der Waals surface area (Å²) in [5.41, 5.74) is 3.12. The molecule has 178 valence electrons. The topological polar surface area (TPSA) is 79.2 Å². The third-order valence-electron chi connectivity index (χ3n) is 6.77. The predicted octanol–water partition coefficient (Wildman–Crippen LogP) is 3.31. The number of nitrogens with one attached hydrogen (secondary N) is 1. The molecule has 1 amide bonds. The van der Waals surface area contributed by atoms with Gasteiger partial charge >= 0.3 is 0 Å². The summed E-state index contributed by atoms with van der Waals surface area (Å²) in [6.45, 7) is 11.2. The van der Waals surface area contributed by atoms with E-state index in [2.05, 4.69) is 46.3 Å². The molecule has 0 bridgehead atoms. The van der Waals surface area contributed by atoms with E-state index in [0.717, 1.165) is 36.7 Å². The molecule has 0 spiro atoms. The highest BCUT2D eigenvalue weighted by molar-refractivity contribution is 6.10. The fourth-order valence-corrected chi connectivity index (χ4v) is 4.76. The normalized spacial score (nSPS) is 18.5. The third kappa shape index (κ3) is 3.94. The number of anilines is 2. The molecule has 4 heterocycles. The maximum atomic E-state index is 15.0. The molecule has 1 aromatic carbocycles. The number of carbonyl (C=O) groups is 1. The number of nitrogens with zero attached hydrogens (tertiary/aromatic N) is 6. The highest BCUT2D eigenvalue weighted by atomic mass is 19.1. The summed E-state index contributed by atoms with van der Waals surface area (Å²) >= 11 is 0. The van der Waals surface area contributed by atoms with Gasteiger partial charge in [-0.3, -0.25) is 14.4 Å². The number of hydrogen-bond donors (Lipinski definition) is 1. The maximum Gasteiger partial charge on any atom is 0.260 e. The van der Waals surface area contributed by atoms with E-state index in [0.29, 0.717) is 28.6 Å². The van der Waals surface area contributed by atoms with E-state index in [1.54, 1.807) is 16.8 Å². The van der Waals surface area contributed by atoms with Gasteiger partial charge in [0.05, 0.1) is 12.2 Å². The minimum atomic E-state index is -0.398. The molecule has 0 unspecified atom stereocenters. The number of piperazine rings is 1. The van der Waals surface area contributed by atoms with Crippen LogP contribution in [-0.2, 0) is 13.6 Å². The summed E-state index contributed by atoms with van der Waals surface area (Å²) in [5.74, 6) is 0.537. The molecule has 1 N–H and O–H groups in total. The molecule has 1 saturated heterocycles. The van der Waals surface area contributed by atoms with Crippen LogP contribution in [-0.4, -0.2) is 51.6 Å². The van der Waals surface area contributed by atoms with Gasteiger partial charge in [0.25, 0.3) is 5.91 Å². The van der Waals surface area contributed by atoms with Crippen LogP contribution in [0.1, 0.15) is 42.4 Å². The van der Waals surface area contributed by atoms with Crippen LogP contribution in [0.3, 0.4) is 0 Å². The van der Waals surface area contributed by atoms with Crippen molar-refractivity contribution >= 4 is 17.5 Å². The lowest BCUT2D eigenvalue weighted by atomic mass is 9.85. The quantitative estimate of drug-likeness (QED) is 0.642. The summed E-state index contributed by atoms with van der Waals surface area (Å²) in [7, 11) is 1.82. The number of aryl methyl sites for hydroxylation is 2. The standard InChI is InChI=1S/C25H30FN7O/c1-15-18(12-31(5)30-15)16-10-17-19(20(26)11-16)13-33(24(17)34)23-7-6-22(28-29-23)32-9-8-27-21(14-32)25(2,3)4/h6-7,10-12,21,27H,8-9,13-14H2,1-5H3/t21-/m1/s1. The van der Waals surface area contributed by atoms with Crippen molar-refractivity contribution in [2.45, 2.75) is 40.3 Å². The molecule has 8 nitrogen and oxygen atoms in total. The molecule has 2 aromatic heterocycles. The largest absolute Gasteiger partial charge is 0.352 e. The number of rotatable bonds is 3. The van der Waals surface area contributed by atoms with Crippen LogP contribution < -0.4 is 15.1 Å². The number of fused-ring (bicyclic) bond motifs is 1. The number of amides is 1. The van der Waals surface area contributed by atoms with Gasteiger partial charge in [-0.15, -0.1) is 10.2 Å². The second-order valence-corrected chi connectivity index (χ2v) is 10.2. The lowest BCUT2D eigenvalue weighted by molar-refractivity contribution is 0.0995. The van der Waals surface area contributed by atoms with Crippen molar-refractivity contribution in [3.05, 3.63) is 53.1 Å². The first-order chi connectivity index (χ1) is 16.1. The van der Waals surface area contributed by atoms with E-state index in [-0.39, 0.29) is 17.9 Å². The minimum absolute atomic E-state index is 0.136. The lowest BCUT2D eigenvalue weighted by Gasteiger charge is -2.40. The van der Waals surface area contributed by atoms with E-state index in [4.69, 9.17) is 0 Å². The first kappa shape index (κ1) is 22.5. The molecule has 1 atom stereocenters. The molecule has 1 fully saturated rings. The van der Waals surface area contributed by atoms with Crippen molar-refractivity contribution in [2.75, 3.05) is 29.4 Å². The molecule has 0 radical (unpaired) electrons. The Morgan fingerprint density at radius 2 is 1.85 bits per heavy atom. The second-order valence-electron chi connectivity index (χ2n) is 10.2.